The molecule has 0 fully saturated rings. The molecule has 0 aliphatic carbocycles. The Morgan fingerprint density at radius 1 is 1.09 bits per heavy atom. The monoisotopic (exact) mass is 335 g/mol. The quantitative estimate of drug-likeness (QED) is 0.625. The van der Waals surface area contributed by atoms with E-state index >= 15 is 0 Å². The smallest absolute Gasteiger partial charge is 0.124 e. The largest absolute Gasteiger partial charge is 0.489 e. The first-order valence-corrected chi connectivity index (χ1v) is 8.43. The maximum absolute atomic E-state index is 13.0. The lowest BCUT2D eigenvalue weighted by Crippen LogP contribution is -2.14. The van der Waals surface area contributed by atoms with Crippen molar-refractivity contribution in [2.75, 3.05) is 6.54 Å². The van der Waals surface area contributed by atoms with E-state index in [2.05, 4.69) is 24.4 Å². The van der Waals surface area contributed by atoms with Gasteiger partial charge in [0.25, 0.3) is 0 Å². The lowest BCUT2D eigenvalue weighted by atomic mass is 10.2. The van der Waals surface area contributed by atoms with Gasteiger partial charge in [0.2, 0.25) is 0 Å². The van der Waals surface area contributed by atoms with Crippen molar-refractivity contribution < 1.29 is 9.13 Å². The van der Waals surface area contributed by atoms with Crippen LogP contribution in [-0.2, 0) is 13.2 Å². The molecule has 0 spiro atoms. The first-order valence-electron chi connectivity index (χ1n) is 8.05. The molecule has 0 bridgehead atoms. The number of benzene rings is 2. The molecular weight excluding hydrogens is 313 g/mol. The van der Waals surface area contributed by atoms with Crippen molar-refractivity contribution in [2.24, 2.45) is 0 Å². The van der Waals surface area contributed by atoms with E-state index in [1.165, 1.54) is 37.0 Å². The Kier molecular flexibility index (Phi) is 7.37. The van der Waals surface area contributed by atoms with E-state index in [0.29, 0.717) is 11.6 Å². The number of halogens is 2. The summed E-state index contributed by atoms with van der Waals surface area (Å²) in [6.07, 6.45) is 3.73. The maximum Gasteiger partial charge on any atom is 0.124 e. The van der Waals surface area contributed by atoms with Gasteiger partial charge in [-0.2, -0.15) is 0 Å². The molecular formula is C19H23ClFNO. The standard InChI is InChI=1S/C19H23ClFNO/c1-2-3-4-11-22-13-15-5-9-18(10-6-15)23-14-16-7-8-17(21)12-19(16)20/h5-10,12,22H,2-4,11,13-14H2,1H3. The van der Waals surface area contributed by atoms with E-state index in [4.69, 9.17) is 16.3 Å². The highest BCUT2D eigenvalue weighted by Crippen LogP contribution is 2.20. The Labute approximate surface area is 142 Å². The fourth-order valence-corrected chi connectivity index (χ4v) is 2.46. The molecule has 0 unspecified atom stereocenters. The van der Waals surface area contributed by atoms with E-state index in [1.54, 1.807) is 6.07 Å². The molecule has 0 heterocycles. The van der Waals surface area contributed by atoms with E-state index < -0.39 is 0 Å². The highest BCUT2D eigenvalue weighted by molar-refractivity contribution is 6.31. The van der Waals surface area contributed by atoms with Gasteiger partial charge in [-0.1, -0.05) is 49.6 Å². The normalized spacial score (nSPS) is 10.7. The van der Waals surface area contributed by atoms with Crippen molar-refractivity contribution in [3.05, 3.63) is 64.4 Å². The molecule has 0 saturated heterocycles. The molecule has 2 aromatic rings. The third-order valence-electron chi connectivity index (χ3n) is 3.62. The Hall–Kier alpha value is -1.58. The molecule has 0 atom stereocenters. The van der Waals surface area contributed by atoms with Crippen molar-refractivity contribution in [3.63, 3.8) is 0 Å². The predicted octanol–water partition coefficient (Wildman–Crippen LogP) is 5.34. The van der Waals surface area contributed by atoms with Crippen molar-refractivity contribution in [2.45, 2.75) is 39.3 Å². The van der Waals surface area contributed by atoms with Crippen LogP contribution in [0, 0.1) is 5.82 Å². The zero-order valence-electron chi connectivity index (χ0n) is 13.4. The minimum Gasteiger partial charge on any atom is -0.489 e. The molecule has 124 valence electrons. The number of hydrogen-bond acceptors (Lipinski definition) is 2. The summed E-state index contributed by atoms with van der Waals surface area (Å²) >= 11 is 5.99. The van der Waals surface area contributed by atoms with Crippen molar-refractivity contribution in [1.29, 1.82) is 0 Å². The van der Waals surface area contributed by atoms with Crippen LogP contribution in [0.1, 0.15) is 37.3 Å². The average Bonchev–Trinajstić information content (AvgIpc) is 2.55. The molecule has 1 N–H and O–H groups in total. The third kappa shape index (κ3) is 6.20. The van der Waals surface area contributed by atoms with Crippen LogP contribution < -0.4 is 10.1 Å². The molecule has 0 radical (unpaired) electrons. The van der Waals surface area contributed by atoms with Gasteiger partial charge in [-0.25, -0.2) is 4.39 Å². The summed E-state index contributed by atoms with van der Waals surface area (Å²) in [5.74, 6) is 0.440. The van der Waals surface area contributed by atoms with Gasteiger partial charge >= 0.3 is 0 Å². The van der Waals surface area contributed by atoms with Gasteiger partial charge in [0.1, 0.15) is 18.2 Å². The Morgan fingerprint density at radius 3 is 2.57 bits per heavy atom. The van der Waals surface area contributed by atoms with Gasteiger partial charge in [0.05, 0.1) is 5.02 Å². The molecule has 0 saturated carbocycles. The van der Waals surface area contributed by atoms with Gasteiger partial charge in [0.15, 0.2) is 0 Å². The van der Waals surface area contributed by atoms with Gasteiger partial charge in [-0.15, -0.1) is 0 Å². The minimum absolute atomic E-state index is 0.327. The summed E-state index contributed by atoms with van der Waals surface area (Å²) in [5, 5.41) is 3.82. The van der Waals surface area contributed by atoms with Crippen molar-refractivity contribution >= 4 is 11.6 Å². The highest BCUT2D eigenvalue weighted by Gasteiger charge is 2.03. The van der Waals surface area contributed by atoms with Crippen LogP contribution in [0.15, 0.2) is 42.5 Å². The van der Waals surface area contributed by atoms with Crippen LogP contribution in [-0.4, -0.2) is 6.54 Å². The van der Waals surface area contributed by atoms with Gasteiger partial charge < -0.3 is 10.1 Å². The molecule has 23 heavy (non-hydrogen) atoms. The average molecular weight is 336 g/mol. The molecule has 0 aromatic heterocycles. The number of hydrogen-bond donors (Lipinski definition) is 1. The number of nitrogens with one attached hydrogen (secondary N) is 1. The van der Waals surface area contributed by atoms with Crippen LogP contribution in [0.2, 0.25) is 5.02 Å². The Morgan fingerprint density at radius 2 is 1.87 bits per heavy atom. The molecule has 0 aliphatic rings. The van der Waals surface area contributed by atoms with Crippen LogP contribution in [0.25, 0.3) is 0 Å². The number of ether oxygens (including phenoxy) is 1. The highest BCUT2D eigenvalue weighted by atomic mass is 35.5. The zero-order valence-corrected chi connectivity index (χ0v) is 14.2. The topological polar surface area (TPSA) is 21.3 Å². The maximum atomic E-state index is 13.0. The van der Waals surface area contributed by atoms with E-state index in [0.717, 1.165) is 24.4 Å². The fourth-order valence-electron chi connectivity index (χ4n) is 2.24. The molecule has 0 aliphatic heterocycles. The second-order valence-corrected chi connectivity index (χ2v) is 5.96. The second-order valence-electron chi connectivity index (χ2n) is 5.55. The third-order valence-corrected chi connectivity index (χ3v) is 3.97. The van der Waals surface area contributed by atoms with Crippen molar-refractivity contribution in [1.82, 2.24) is 5.32 Å². The van der Waals surface area contributed by atoms with Crippen LogP contribution >= 0.6 is 11.6 Å². The first-order chi connectivity index (χ1) is 11.2. The van der Waals surface area contributed by atoms with Gasteiger partial charge in [-0.3, -0.25) is 0 Å². The van der Waals surface area contributed by atoms with Crippen LogP contribution in [0.4, 0.5) is 4.39 Å². The summed E-state index contributed by atoms with van der Waals surface area (Å²) in [6, 6.07) is 12.3. The Balaban J connectivity index is 1.78. The Bertz CT molecular complexity index is 601. The van der Waals surface area contributed by atoms with E-state index in [9.17, 15) is 4.39 Å². The van der Waals surface area contributed by atoms with Crippen molar-refractivity contribution in [3.8, 4) is 5.75 Å². The lowest BCUT2D eigenvalue weighted by molar-refractivity contribution is 0.306. The summed E-state index contributed by atoms with van der Waals surface area (Å²) in [7, 11) is 0. The second kappa shape index (κ2) is 9.53. The SMILES string of the molecule is CCCCCNCc1ccc(OCc2ccc(F)cc2Cl)cc1. The van der Waals surface area contributed by atoms with Crippen LogP contribution in [0.3, 0.4) is 0 Å². The number of rotatable bonds is 9. The zero-order chi connectivity index (χ0) is 16.5. The summed E-state index contributed by atoms with van der Waals surface area (Å²) < 4.78 is 18.7. The molecule has 0 amide bonds. The molecule has 2 nitrogen and oxygen atoms in total. The van der Waals surface area contributed by atoms with E-state index in [-0.39, 0.29) is 5.82 Å². The van der Waals surface area contributed by atoms with Gasteiger partial charge in [-0.05, 0) is 42.8 Å². The first kappa shape index (κ1) is 17.8. The minimum atomic E-state index is -0.338. The van der Waals surface area contributed by atoms with E-state index in [1.807, 2.05) is 12.1 Å². The predicted molar refractivity (Wildman–Crippen MR) is 93.4 cm³/mol. The van der Waals surface area contributed by atoms with Gasteiger partial charge in [0, 0.05) is 12.1 Å². The number of unbranched alkanes of at least 4 members (excludes halogenated alkanes) is 2. The summed E-state index contributed by atoms with van der Waals surface area (Å²) in [4.78, 5) is 0. The summed E-state index contributed by atoms with van der Waals surface area (Å²) in [6.45, 7) is 4.45. The van der Waals surface area contributed by atoms with Crippen LogP contribution in [0.5, 0.6) is 5.75 Å². The lowest BCUT2D eigenvalue weighted by Gasteiger charge is -2.09. The fraction of sp³-hybridized carbons (Fsp3) is 0.368. The molecule has 4 heteroatoms. The molecule has 2 rings (SSSR count). The summed E-state index contributed by atoms with van der Waals surface area (Å²) in [5.41, 5.74) is 2.00. The molecule has 2 aromatic carbocycles.